The van der Waals surface area contributed by atoms with Crippen molar-refractivity contribution in [2.45, 2.75) is 12.3 Å². The fraction of sp³-hybridized carbons (Fsp3) is 0.500. The second-order valence-corrected chi connectivity index (χ2v) is 2.71. The molecule has 1 rings (SSSR count). The molecule has 0 radical (unpaired) electrons. The molecule has 1 atom stereocenters. The van der Waals surface area contributed by atoms with Crippen LogP contribution >= 0.6 is 23.1 Å². The number of nitrogens with zero attached hydrogens (tertiary/aromatic N) is 2. The zero-order valence-corrected chi connectivity index (χ0v) is 5.91. The average Bonchev–Trinajstić information content (AvgIpc) is 2.12. The van der Waals surface area contributed by atoms with Crippen LogP contribution in [0.4, 0.5) is 0 Å². The summed E-state index contributed by atoms with van der Waals surface area (Å²) in [5, 5.41) is 5.59. The van der Waals surface area contributed by atoms with Gasteiger partial charge in [0.25, 0.3) is 0 Å². The molecule has 4 heteroatoms. The van der Waals surface area contributed by atoms with Gasteiger partial charge in [-0.1, -0.05) is 4.49 Å². The lowest BCUT2D eigenvalue weighted by Gasteiger charge is -1.90. The van der Waals surface area contributed by atoms with E-state index in [-0.39, 0.29) is 5.38 Å². The molecule has 1 aromatic rings. The molecule has 2 nitrogen and oxygen atoms in total. The Kier molecular flexibility index (Phi) is 1.81. The van der Waals surface area contributed by atoms with Gasteiger partial charge in [0.2, 0.25) is 0 Å². The molecule has 0 aliphatic heterocycles. The van der Waals surface area contributed by atoms with E-state index in [9.17, 15) is 0 Å². The van der Waals surface area contributed by atoms with Crippen LogP contribution in [0.1, 0.15) is 18.0 Å². The molecule has 0 aliphatic carbocycles. The van der Waals surface area contributed by atoms with Crippen LogP contribution in [0.5, 0.6) is 0 Å². The summed E-state index contributed by atoms with van der Waals surface area (Å²) in [5.74, 6) is 0. The van der Waals surface area contributed by atoms with E-state index in [1.807, 2.05) is 12.3 Å². The van der Waals surface area contributed by atoms with Crippen molar-refractivity contribution in [1.29, 1.82) is 0 Å². The maximum absolute atomic E-state index is 5.65. The molecule has 0 saturated heterocycles. The van der Waals surface area contributed by atoms with Crippen LogP contribution in [0.2, 0.25) is 0 Å². The van der Waals surface area contributed by atoms with E-state index in [1.165, 1.54) is 11.5 Å². The smallest absolute Gasteiger partial charge is 0.0931 e. The number of hydrogen-bond acceptors (Lipinski definition) is 3. The van der Waals surface area contributed by atoms with Gasteiger partial charge in [-0.05, 0) is 18.5 Å². The van der Waals surface area contributed by atoms with E-state index in [0.29, 0.717) is 0 Å². The van der Waals surface area contributed by atoms with Gasteiger partial charge in [-0.25, -0.2) is 0 Å². The summed E-state index contributed by atoms with van der Waals surface area (Å²) in [4.78, 5) is 0. The second-order valence-electron chi connectivity index (χ2n) is 1.45. The summed E-state index contributed by atoms with van der Waals surface area (Å²) in [6.07, 6.45) is 0. The lowest BCUT2D eigenvalue weighted by atomic mass is 10.4. The molecule has 0 aromatic carbocycles. The first-order valence-corrected chi connectivity index (χ1v) is 3.49. The maximum atomic E-state index is 5.65. The fourth-order valence-electron chi connectivity index (χ4n) is 0.345. The molecule has 0 N–H and O–H groups in total. The van der Waals surface area contributed by atoms with E-state index < -0.39 is 0 Å². The van der Waals surface area contributed by atoms with Crippen LogP contribution in [-0.2, 0) is 0 Å². The summed E-state index contributed by atoms with van der Waals surface area (Å²) in [6.45, 7) is 1.87. The van der Waals surface area contributed by atoms with Gasteiger partial charge in [0.05, 0.1) is 11.1 Å². The zero-order chi connectivity index (χ0) is 5.98. The first-order chi connectivity index (χ1) is 3.80. The Labute approximate surface area is 56.7 Å². The van der Waals surface area contributed by atoms with Gasteiger partial charge in [0, 0.05) is 5.38 Å². The standard InChI is InChI=1S/C4H5ClN2S/c1-3(5)4-2-8-7-6-4/h2-3H,1H3/t3-/m1/s1. The molecule has 1 aromatic heterocycles. The average molecular weight is 149 g/mol. The molecule has 0 fully saturated rings. The fourth-order valence-corrected chi connectivity index (χ4v) is 1.07. The molecule has 0 unspecified atom stereocenters. The summed E-state index contributed by atoms with van der Waals surface area (Å²) in [5.41, 5.74) is 0.858. The molecular formula is C4H5ClN2S. The van der Waals surface area contributed by atoms with Crippen molar-refractivity contribution >= 4 is 23.1 Å². The first-order valence-electron chi connectivity index (χ1n) is 2.21. The van der Waals surface area contributed by atoms with Gasteiger partial charge in [-0.3, -0.25) is 0 Å². The van der Waals surface area contributed by atoms with E-state index in [0.717, 1.165) is 5.69 Å². The molecule has 44 valence electrons. The van der Waals surface area contributed by atoms with Crippen LogP contribution in [-0.4, -0.2) is 9.59 Å². The normalized spacial score (nSPS) is 13.8. The van der Waals surface area contributed by atoms with Crippen LogP contribution in [0.25, 0.3) is 0 Å². The Hall–Kier alpha value is -0.150. The van der Waals surface area contributed by atoms with Crippen molar-refractivity contribution in [2.75, 3.05) is 0 Å². The molecule has 0 bridgehead atoms. The minimum Gasteiger partial charge on any atom is -0.142 e. The van der Waals surface area contributed by atoms with Gasteiger partial charge < -0.3 is 0 Å². The Bertz CT molecular complexity index is 149. The highest BCUT2D eigenvalue weighted by Gasteiger charge is 2.01. The van der Waals surface area contributed by atoms with Gasteiger partial charge in [-0.2, -0.15) is 0 Å². The Morgan fingerprint density at radius 3 is 2.88 bits per heavy atom. The van der Waals surface area contributed by atoms with Gasteiger partial charge in [-0.15, -0.1) is 16.7 Å². The van der Waals surface area contributed by atoms with Gasteiger partial charge in [0.15, 0.2) is 0 Å². The first kappa shape index (κ1) is 5.98. The number of hydrogen-bond donors (Lipinski definition) is 0. The highest BCUT2D eigenvalue weighted by atomic mass is 35.5. The van der Waals surface area contributed by atoms with Crippen molar-refractivity contribution in [1.82, 2.24) is 9.59 Å². The number of alkyl halides is 1. The monoisotopic (exact) mass is 148 g/mol. The summed E-state index contributed by atoms with van der Waals surface area (Å²) in [6, 6.07) is 0. The van der Waals surface area contributed by atoms with Crippen LogP contribution < -0.4 is 0 Å². The number of halogens is 1. The van der Waals surface area contributed by atoms with Crippen LogP contribution in [0.15, 0.2) is 5.38 Å². The van der Waals surface area contributed by atoms with Crippen LogP contribution in [0, 0.1) is 0 Å². The highest BCUT2D eigenvalue weighted by Crippen LogP contribution is 2.16. The molecular weight excluding hydrogens is 144 g/mol. The third-order valence-electron chi connectivity index (χ3n) is 0.784. The van der Waals surface area contributed by atoms with E-state index >= 15 is 0 Å². The SMILES string of the molecule is C[C@@H](Cl)c1csnn1. The number of rotatable bonds is 1. The lowest BCUT2D eigenvalue weighted by Crippen LogP contribution is -1.81. The molecule has 1 heterocycles. The Balaban J connectivity index is 2.77. The summed E-state index contributed by atoms with van der Waals surface area (Å²) in [7, 11) is 0. The zero-order valence-electron chi connectivity index (χ0n) is 4.34. The lowest BCUT2D eigenvalue weighted by molar-refractivity contribution is 0.961. The predicted molar refractivity (Wildman–Crippen MR) is 34.2 cm³/mol. The second kappa shape index (κ2) is 2.42. The van der Waals surface area contributed by atoms with Crippen molar-refractivity contribution in [2.24, 2.45) is 0 Å². The molecule has 0 amide bonds. The molecule has 0 spiro atoms. The van der Waals surface area contributed by atoms with Gasteiger partial charge >= 0.3 is 0 Å². The van der Waals surface area contributed by atoms with Gasteiger partial charge in [0.1, 0.15) is 0 Å². The predicted octanol–water partition coefficient (Wildman–Crippen LogP) is 1.84. The molecule has 0 aliphatic rings. The molecule has 0 saturated carbocycles. The summed E-state index contributed by atoms with van der Waals surface area (Å²) >= 11 is 6.97. The van der Waals surface area contributed by atoms with E-state index in [2.05, 4.69) is 9.59 Å². The largest absolute Gasteiger partial charge is 0.142 e. The van der Waals surface area contributed by atoms with Crippen molar-refractivity contribution in [3.05, 3.63) is 11.1 Å². The minimum atomic E-state index is -0.00579. The van der Waals surface area contributed by atoms with E-state index in [4.69, 9.17) is 11.6 Å². The maximum Gasteiger partial charge on any atom is 0.0931 e. The number of aromatic nitrogens is 2. The topological polar surface area (TPSA) is 25.8 Å². The van der Waals surface area contributed by atoms with E-state index in [1.54, 1.807) is 0 Å². The van der Waals surface area contributed by atoms with Crippen molar-refractivity contribution < 1.29 is 0 Å². The third-order valence-corrected chi connectivity index (χ3v) is 1.53. The summed E-state index contributed by atoms with van der Waals surface area (Å²) < 4.78 is 3.65. The van der Waals surface area contributed by atoms with Crippen molar-refractivity contribution in [3.63, 3.8) is 0 Å². The highest BCUT2D eigenvalue weighted by molar-refractivity contribution is 7.03. The van der Waals surface area contributed by atoms with Crippen molar-refractivity contribution in [3.8, 4) is 0 Å². The quantitative estimate of drug-likeness (QED) is 0.568. The minimum absolute atomic E-state index is 0.00579. The Morgan fingerprint density at radius 2 is 2.62 bits per heavy atom. The third kappa shape index (κ3) is 1.17. The van der Waals surface area contributed by atoms with Crippen LogP contribution in [0.3, 0.4) is 0 Å². The molecule has 8 heavy (non-hydrogen) atoms. The Morgan fingerprint density at radius 1 is 1.88 bits per heavy atom.